The topological polar surface area (TPSA) is 25.2 Å². The van der Waals surface area contributed by atoms with E-state index in [2.05, 4.69) is 52.1 Å². The maximum Gasteiger partial charge on any atom is 0.125 e. The van der Waals surface area contributed by atoms with Gasteiger partial charge in [-0.2, -0.15) is 0 Å². The van der Waals surface area contributed by atoms with Crippen LogP contribution in [0.3, 0.4) is 0 Å². The van der Waals surface area contributed by atoms with Crippen LogP contribution in [-0.4, -0.2) is 6.54 Å². The van der Waals surface area contributed by atoms with Gasteiger partial charge in [0.25, 0.3) is 0 Å². The number of hydrogen-bond acceptors (Lipinski definition) is 2. The van der Waals surface area contributed by atoms with Gasteiger partial charge >= 0.3 is 0 Å². The third kappa shape index (κ3) is 2.59. The van der Waals surface area contributed by atoms with E-state index in [-0.39, 0.29) is 0 Å². The van der Waals surface area contributed by atoms with E-state index in [0.29, 0.717) is 0 Å². The van der Waals surface area contributed by atoms with Crippen LogP contribution >= 0.6 is 0 Å². The van der Waals surface area contributed by atoms with Gasteiger partial charge in [-0.1, -0.05) is 13.0 Å². The monoisotopic (exact) mass is 257 g/mol. The van der Waals surface area contributed by atoms with Crippen LogP contribution in [0, 0.1) is 27.7 Å². The van der Waals surface area contributed by atoms with E-state index in [1.807, 2.05) is 0 Å². The Hall–Kier alpha value is -1.54. The summed E-state index contributed by atoms with van der Waals surface area (Å²) in [5.74, 6) is 1.03. The fraction of sp³-hybridized carbons (Fsp3) is 0.412. The molecule has 19 heavy (non-hydrogen) atoms. The summed E-state index contributed by atoms with van der Waals surface area (Å²) in [5.41, 5.74) is 7.94. The largest absolute Gasteiger partial charge is 0.467 e. The first-order chi connectivity index (χ1) is 9.06. The highest BCUT2D eigenvalue weighted by atomic mass is 16.3. The molecule has 2 nitrogen and oxygen atoms in total. The molecule has 1 aromatic heterocycles. The molecular formula is C17H23NO. The van der Waals surface area contributed by atoms with Crippen molar-refractivity contribution < 1.29 is 4.42 Å². The van der Waals surface area contributed by atoms with Crippen LogP contribution in [0.25, 0.3) is 11.1 Å². The van der Waals surface area contributed by atoms with E-state index >= 15 is 0 Å². The van der Waals surface area contributed by atoms with Crippen molar-refractivity contribution >= 4 is 0 Å². The fourth-order valence-electron chi connectivity index (χ4n) is 2.56. The zero-order valence-electron chi connectivity index (χ0n) is 12.6. The molecule has 2 aromatic rings. The van der Waals surface area contributed by atoms with Crippen LogP contribution in [0.5, 0.6) is 0 Å². The molecule has 0 aliphatic rings. The van der Waals surface area contributed by atoms with Crippen molar-refractivity contribution in [3.63, 3.8) is 0 Å². The maximum atomic E-state index is 5.65. The summed E-state index contributed by atoms with van der Waals surface area (Å²) in [4.78, 5) is 0. The molecule has 2 rings (SSSR count). The normalized spacial score (nSPS) is 11.0. The number of hydrogen-bond donors (Lipinski definition) is 1. The van der Waals surface area contributed by atoms with Crippen molar-refractivity contribution in [1.82, 2.24) is 5.32 Å². The maximum absolute atomic E-state index is 5.65. The third-order valence-corrected chi connectivity index (χ3v) is 3.92. The summed E-state index contributed by atoms with van der Waals surface area (Å²) in [6, 6.07) is 4.35. The van der Waals surface area contributed by atoms with Crippen molar-refractivity contribution in [2.75, 3.05) is 6.54 Å². The van der Waals surface area contributed by atoms with Crippen LogP contribution in [0.1, 0.15) is 34.9 Å². The first-order valence-corrected chi connectivity index (χ1v) is 6.91. The molecule has 0 bridgehead atoms. The molecular weight excluding hydrogens is 234 g/mol. The van der Waals surface area contributed by atoms with E-state index < -0.39 is 0 Å². The molecule has 102 valence electrons. The quantitative estimate of drug-likeness (QED) is 0.884. The standard InChI is InChI=1S/C17H23NO/c1-6-18-10-16-15(7-8-19-16)17-13(4)11(2)9-12(3)14(17)5/h7-9,18H,6,10H2,1-5H3. The number of nitrogens with one attached hydrogen (secondary N) is 1. The van der Waals surface area contributed by atoms with Gasteiger partial charge in [-0.25, -0.2) is 0 Å². The summed E-state index contributed by atoms with van der Waals surface area (Å²) in [6.07, 6.45) is 1.79. The zero-order chi connectivity index (χ0) is 14.0. The SMILES string of the molecule is CCNCc1occc1-c1c(C)c(C)cc(C)c1C. The summed E-state index contributed by atoms with van der Waals surface area (Å²) in [6.45, 7) is 12.6. The molecule has 1 aromatic carbocycles. The minimum Gasteiger partial charge on any atom is -0.467 e. The Labute approximate surface area is 115 Å². The Morgan fingerprint density at radius 1 is 1.05 bits per heavy atom. The van der Waals surface area contributed by atoms with E-state index in [1.165, 1.54) is 33.4 Å². The Bertz CT molecular complexity index is 555. The molecule has 1 N–H and O–H groups in total. The average Bonchev–Trinajstić information content (AvgIpc) is 2.82. The summed E-state index contributed by atoms with van der Waals surface area (Å²) in [7, 11) is 0. The van der Waals surface area contributed by atoms with Gasteiger partial charge in [-0.3, -0.25) is 0 Å². The highest BCUT2D eigenvalue weighted by Crippen LogP contribution is 2.34. The number of benzene rings is 1. The summed E-state index contributed by atoms with van der Waals surface area (Å²) < 4.78 is 5.65. The zero-order valence-corrected chi connectivity index (χ0v) is 12.6. The van der Waals surface area contributed by atoms with E-state index in [0.717, 1.165) is 18.8 Å². The Balaban J connectivity index is 2.56. The van der Waals surface area contributed by atoms with Gasteiger partial charge in [0.05, 0.1) is 12.8 Å². The number of rotatable bonds is 4. The van der Waals surface area contributed by atoms with Crippen molar-refractivity contribution in [1.29, 1.82) is 0 Å². The van der Waals surface area contributed by atoms with Gasteiger partial charge in [0.1, 0.15) is 5.76 Å². The van der Waals surface area contributed by atoms with Gasteiger partial charge in [-0.05, 0) is 68.1 Å². The first kappa shape index (κ1) is 13.9. The van der Waals surface area contributed by atoms with E-state index in [1.54, 1.807) is 6.26 Å². The van der Waals surface area contributed by atoms with Crippen LogP contribution in [-0.2, 0) is 6.54 Å². The van der Waals surface area contributed by atoms with Crippen LogP contribution in [0.2, 0.25) is 0 Å². The Morgan fingerprint density at radius 3 is 2.26 bits per heavy atom. The fourth-order valence-corrected chi connectivity index (χ4v) is 2.56. The molecule has 0 aliphatic heterocycles. The van der Waals surface area contributed by atoms with Crippen molar-refractivity contribution in [3.8, 4) is 11.1 Å². The molecule has 0 saturated carbocycles. The molecule has 0 saturated heterocycles. The molecule has 0 fully saturated rings. The molecule has 0 aliphatic carbocycles. The average molecular weight is 257 g/mol. The molecule has 0 radical (unpaired) electrons. The molecule has 0 spiro atoms. The third-order valence-electron chi connectivity index (χ3n) is 3.92. The van der Waals surface area contributed by atoms with E-state index in [4.69, 9.17) is 4.42 Å². The first-order valence-electron chi connectivity index (χ1n) is 6.91. The van der Waals surface area contributed by atoms with Crippen LogP contribution < -0.4 is 5.32 Å². The van der Waals surface area contributed by atoms with Crippen LogP contribution in [0.15, 0.2) is 22.8 Å². The van der Waals surface area contributed by atoms with Gasteiger partial charge in [-0.15, -0.1) is 0 Å². The predicted molar refractivity (Wildman–Crippen MR) is 80.5 cm³/mol. The van der Waals surface area contributed by atoms with Gasteiger partial charge < -0.3 is 9.73 Å². The minimum atomic E-state index is 0.782. The lowest BCUT2D eigenvalue weighted by atomic mass is 9.90. The second kappa shape index (κ2) is 5.62. The highest BCUT2D eigenvalue weighted by Gasteiger charge is 2.15. The number of furan rings is 1. The van der Waals surface area contributed by atoms with E-state index in [9.17, 15) is 0 Å². The minimum absolute atomic E-state index is 0.782. The molecule has 1 heterocycles. The van der Waals surface area contributed by atoms with Gasteiger partial charge in [0.15, 0.2) is 0 Å². The van der Waals surface area contributed by atoms with Gasteiger partial charge in [0, 0.05) is 5.56 Å². The molecule has 2 heteroatoms. The molecule has 0 atom stereocenters. The molecule has 0 amide bonds. The smallest absolute Gasteiger partial charge is 0.125 e. The van der Waals surface area contributed by atoms with Crippen molar-refractivity contribution in [2.24, 2.45) is 0 Å². The second-order valence-corrected chi connectivity index (χ2v) is 5.17. The Morgan fingerprint density at radius 2 is 1.68 bits per heavy atom. The summed E-state index contributed by atoms with van der Waals surface area (Å²) in [5, 5.41) is 3.34. The molecule has 0 unspecified atom stereocenters. The lowest BCUT2D eigenvalue weighted by Gasteiger charge is -2.15. The lowest BCUT2D eigenvalue weighted by Crippen LogP contribution is -2.12. The van der Waals surface area contributed by atoms with Crippen molar-refractivity contribution in [2.45, 2.75) is 41.2 Å². The lowest BCUT2D eigenvalue weighted by molar-refractivity contribution is 0.489. The Kier molecular flexibility index (Phi) is 4.11. The second-order valence-electron chi connectivity index (χ2n) is 5.17. The number of aryl methyl sites for hydroxylation is 2. The van der Waals surface area contributed by atoms with Gasteiger partial charge in [0.2, 0.25) is 0 Å². The van der Waals surface area contributed by atoms with Crippen molar-refractivity contribution in [3.05, 3.63) is 46.4 Å². The van der Waals surface area contributed by atoms with Crippen LogP contribution in [0.4, 0.5) is 0 Å². The highest BCUT2D eigenvalue weighted by molar-refractivity contribution is 5.74. The predicted octanol–water partition coefficient (Wildman–Crippen LogP) is 4.29. The summed E-state index contributed by atoms with van der Waals surface area (Å²) >= 11 is 0.